The molecule has 0 aliphatic carbocycles. The second-order valence-electron chi connectivity index (χ2n) is 4.49. The van der Waals surface area contributed by atoms with Gasteiger partial charge in [-0.25, -0.2) is 4.79 Å². The Labute approximate surface area is 123 Å². The summed E-state index contributed by atoms with van der Waals surface area (Å²) in [6.45, 7) is 4.63. The van der Waals surface area contributed by atoms with E-state index in [1.807, 2.05) is 6.92 Å². The maximum atomic E-state index is 12.0. The van der Waals surface area contributed by atoms with Crippen molar-refractivity contribution < 1.29 is 19.1 Å². The van der Waals surface area contributed by atoms with Crippen molar-refractivity contribution in [3.8, 4) is 0 Å². The van der Waals surface area contributed by atoms with Crippen LogP contribution in [0, 0.1) is 0 Å². The smallest absolute Gasteiger partial charge is 0.324 e. The van der Waals surface area contributed by atoms with Gasteiger partial charge in [0.25, 0.3) is 0 Å². The lowest BCUT2D eigenvalue weighted by Crippen LogP contribution is -2.59. The van der Waals surface area contributed by atoms with Crippen LogP contribution in [0.5, 0.6) is 0 Å². The van der Waals surface area contributed by atoms with Gasteiger partial charge in [0.1, 0.15) is 11.4 Å². The van der Waals surface area contributed by atoms with Gasteiger partial charge in [0.05, 0.1) is 13.2 Å². The number of rotatable bonds is 4. The number of halogens is 1. The third-order valence-corrected chi connectivity index (χ3v) is 3.03. The van der Waals surface area contributed by atoms with E-state index in [1.54, 1.807) is 0 Å². The second kappa shape index (κ2) is 8.06. The summed E-state index contributed by atoms with van der Waals surface area (Å²) in [7, 11) is 0. The molecule has 0 radical (unpaired) electrons. The van der Waals surface area contributed by atoms with Crippen LogP contribution < -0.4 is 10.6 Å². The number of urea groups is 1. The van der Waals surface area contributed by atoms with Crippen LogP contribution in [0.3, 0.4) is 0 Å². The number of carbonyl (C=O) groups is 3. The summed E-state index contributed by atoms with van der Waals surface area (Å²) in [4.78, 5) is 36.7. The molecule has 20 heavy (non-hydrogen) atoms. The molecule has 114 valence electrons. The summed E-state index contributed by atoms with van der Waals surface area (Å²) < 4.78 is 5.22. The van der Waals surface area contributed by atoms with Crippen LogP contribution in [-0.4, -0.2) is 60.5 Å². The summed E-state index contributed by atoms with van der Waals surface area (Å²) in [6.07, 6.45) is 0.799. The Morgan fingerprint density at radius 1 is 1.45 bits per heavy atom. The van der Waals surface area contributed by atoms with Crippen molar-refractivity contribution in [3.05, 3.63) is 0 Å². The first kappa shape index (κ1) is 16.7. The van der Waals surface area contributed by atoms with Gasteiger partial charge in [-0.05, 0) is 13.3 Å². The fraction of sp³-hybridized carbons (Fsp3) is 0.750. The summed E-state index contributed by atoms with van der Waals surface area (Å²) >= 11 is 5.59. The van der Waals surface area contributed by atoms with Gasteiger partial charge in [0.15, 0.2) is 0 Å². The molecule has 4 amide bonds. The van der Waals surface area contributed by atoms with Crippen molar-refractivity contribution in [2.24, 2.45) is 0 Å². The van der Waals surface area contributed by atoms with Crippen molar-refractivity contribution in [3.63, 3.8) is 0 Å². The van der Waals surface area contributed by atoms with Crippen LogP contribution in [-0.2, 0) is 14.3 Å². The molecule has 0 aromatic rings. The molecule has 1 saturated heterocycles. The van der Waals surface area contributed by atoms with Gasteiger partial charge < -0.3 is 15.0 Å². The third-order valence-electron chi connectivity index (χ3n) is 2.83. The number of nitrogens with one attached hydrogen (secondary N) is 2. The van der Waals surface area contributed by atoms with Crippen molar-refractivity contribution in [2.45, 2.75) is 31.7 Å². The molecule has 8 heteroatoms. The van der Waals surface area contributed by atoms with Crippen LogP contribution in [0.1, 0.15) is 20.3 Å². The number of ether oxygens (including phenoxy) is 1. The normalized spacial score (nSPS) is 20.1. The van der Waals surface area contributed by atoms with E-state index in [1.165, 1.54) is 11.8 Å². The predicted molar refractivity (Wildman–Crippen MR) is 73.5 cm³/mol. The number of morpholine rings is 1. The maximum Gasteiger partial charge on any atom is 0.324 e. The lowest BCUT2D eigenvalue weighted by atomic mass is 10.2. The zero-order valence-corrected chi connectivity index (χ0v) is 12.4. The van der Waals surface area contributed by atoms with Crippen LogP contribution in [0.4, 0.5) is 4.79 Å². The zero-order chi connectivity index (χ0) is 15.1. The molecule has 1 fully saturated rings. The highest BCUT2D eigenvalue weighted by molar-refractivity contribution is 6.31. The van der Waals surface area contributed by atoms with Gasteiger partial charge in [-0.15, -0.1) is 11.6 Å². The van der Waals surface area contributed by atoms with E-state index in [2.05, 4.69) is 10.6 Å². The van der Waals surface area contributed by atoms with E-state index in [9.17, 15) is 14.4 Å². The fourth-order valence-corrected chi connectivity index (χ4v) is 1.76. The number of nitrogens with zero attached hydrogens (tertiary/aromatic N) is 1. The Hall–Kier alpha value is -1.34. The predicted octanol–water partition coefficient (Wildman–Crippen LogP) is 0.0769. The highest BCUT2D eigenvalue weighted by Crippen LogP contribution is 2.08. The molecule has 0 aromatic heterocycles. The van der Waals surface area contributed by atoms with Gasteiger partial charge >= 0.3 is 6.03 Å². The van der Waals surface area contributed by atoms with Gasteiger partial charge in [0, 0.05) is 13.1 Å². The third kappa shape index (κ3) is 4.64. The van der Waals surface area contributed by atoms with Crippen LogP contribution in [0.15, 0.2) is 0 Å². The minimum atomic E-state index is -0.813. The molecule has 2 N–H and O–H groups in total. The van der Waals surface area contributed by atoms with Crippen LogP contribution in [0.2, 0.25) is 0 Å². The van der Waals surface area contributed by atoms with Crippen molar-refractivity contribution in [2.75, 3.05) is 26.3 Å². The van der Waals surface area contributed by atoms with Gasteiger partial charge in [-0.1, -0.05) is 6.92 Å². The molecule has 7 nitrogen and oxygen atoms in total. The van der Waals surface area contributed by atoms with Gasteiger partial charge in [0.2, 0.25) is 11.8 Å². The molecule has 2 atom stereocenters. The summed E-state index contributed by atoms with van der Waals surface area (Å²) in [5, 5.41) is 4.07. The van der Waals surface area contributed by atoms with Crippen LogP contribution in [0.25, 0.3) is 0 Å². The minimum Gasteiger partial charge on any atom is -0.377 e. The number of carbonyl (C=O) groups excluding carboxylic acids is 3. The van der Waals surface area contributed by atoms with E-state index in [0.29, 0.717) is 13.2 Å². The first-order valence-electron chi connectivity index (χ1n) is 6.58. The maximum absolute atomic E-state index is 12.0. The van der Waals surface area contributed by atoms with E-state index >= 15 is 0 Å². The SMILES string of the molecule is CCCNC(=O)C1COCCN1C(=O)NC(=O)C(C)Cl. The molecule has 2 unspecified atom stereocenters. The largest absolute Gasteiger partial charge is 0.377 e. The monoisotopic (exact) mass is 305 g/mol. The van der Waals surface area contributed by atoms with E-state index in [4.69, 9.17) is 16.3 Å². The Morgan fingerprint density at radius 3 is 2.75 bits per heavy atom. The summed E-state index contributed by atoms with van der Waals surface area (Å²) in [5.74, 6) is -0.871. The highest BCUT2D eigenvalue weighted by Gasteiger charge is 2.33. The fourth-order valence-electron chi connectivity index (χ4n) is 1.71. The number of hydrogen-bond donors (Lipinski definition) is 2. The molecule has 0 saturated carbocycles. The number of imide groups is 1. The summed E-state index contributed by atoms with van der Waals surface area (Å²) in [5.41, 5.74) is 0. The highest BCUT2D eigenvalue weighted by atomic mass is 35.5. The van der Waals surface area contributed by atoms with Gasteiger partial charge in [-0.3, -0.25) is 14.9 Å². The Kier molecular flexibility index (Phi) is 6.74. The topological polar surface area (TPSA) is 87.7 Å². The van der Waals surface area contributed by atoms with Crippen molar-refractivity contribution in [1.82, 2.24) is 15.5 Å². The van der Waals surface area contributed by atoms with E-state index < -0.39 is 23.4 Å². The molecule has 1 aliphatic rings. The lowest BCUT2D eigenvalue weighted by molar-refractivity contribution is -0.131. The van der Waals surface area contributed by atoms with E-state index in [-0.39, 0.29) is 19.1 Å². The quantitative estimate of drug-likeness (QED) is 0.720. The second-order valence-corrected chi connectivity index (χ2v) is 5.14. The number of alkyl halides is 1. The minimum absolute atomic E-state index is 0.119. The molecular weight excluding hydrogens is 286 g/mol. The molecular formula is C12H20ClN3O4. The Bertz CT molecular complexity index is 376. The average molecular weight is 306 g/mol. The van der Waals surface area contributed by atoms with Crippen molar-refractivity contribution >= 4 is 29.4 Å². The first-order chi connectivity index (χ1) is 9.47. The zero-order valence-electron chi connectivity index (χ0n) is 11.6. The Balaban J connectivity index is 2.65. The number of amides is 4. The van der Waals surface area contributed by atoms with Crippen LogP contribution >= 0.6 is 11.6 Å². The average Bonchev–Trinajstić information content (AvgIpc) is 2.44. The summed E-state index contributed by atoms with van der Waals surface area (Å²) in [6, 6.07) is -1.35. The number of hydrogen-bond acceptors (Lipinski definition) is 4. The first-order valence-corrected chi connectivity index (χ1v) is 7.02. The Morgan fingerprint density at radius 2 is 2.15 bits per heavy atom. The molecule has 1 heterocycles. The molecule has 1 aliphatic heterocycles. The standard InChI is InChI=1S/C12H20ClN3O4/c1-3-4-14-11(18)9-7-20-6-5-16(9)12(19)15-10(17)8(2)13/h8-9H,3-7H2,1-2H3,(H,14,18)(H,15,17,19). The van der Waals surface area contributed by atoms with Crippen molar-refractivity contribution in [1.29, 1.82) is 0 Å². The van der Waals surface area contributed by atoms with E-state index in [0.717, 1.165) is 6.42 Å². The molecule has 0 aromatic carbocycles. The molecule has 0 bridgehead atoms. The molecule has 0 spiro atoms. The lowest BCUT2D eigenvalue weighted by Gasteiger charge is -2.34. The molecule has 1 rings (SSSR count). The van der Waals surface area contributed by atoms with Gasteiger partial charge in [-0.2, -0.15) is 0 Å².